The summed E-state index contributed by atoms with van der Waals surface area (Å²) in [5, 5.41) is 2.98. The molecule has 1 saturated heterocycles. The quantitative estimate of drug-likeness (QED) is 0.293. The van der Waals surface area contributed by atoms with Gasteiger partial charge in [-0.05, 0) is 74.1 Å². The number of amides is 1. The Balaban J connectivity index is 1.23. The Labute approximate surface area is 224 Å². The molecule has 1 aliphatic rings. The van der Waals surface area contributed by atoms with Gasteiger partial charge in [0.1, 0.15) is 11.6 Å². The average Bonchev–Trinajstić information content (AvgIpc) is 3.23. The van der Waals surface area contributed by atoms with E-state index in [1.165, 1.54) is 6.07 Å². The molecular formula is C29H31F3N6O. The summed E-state index contributed by atoms with van der Waals surface area (Å²) in [4.78, 5) is 31.0. The van der Waals surface area contributed by atoms with Crippen LogP contribution in [0.1, 0.15) is 44.6 Å². The number of carbonyl (C=O) groups is 1. The van der Waals surface area contributed by atoms with Gasteiger partial charge in [0.25, 0.3) is 0 Å². The number of alkyl halides is 3. The van der Waals surface area contributed by atoms with Crippen molar-refractivity contribution in [3.8, 4) is 22.6 Å². The molecule has 1 aliphatic heterocycles. The summed E-state index contributed by atoms with van der Waals surface area (Å²) >= 11 is 0. The van der Waals surface area contributed by atoms with Crippen molar-refractivity contribution >= 4 is 22.8 Å². The molecule has 39 heavy (non-hydrogen) atoms. The van der Waals surface area contributed by atoms with Crippen molar-refractivity contribution in [3.63, 3.8) is 0 Å². The minimum atomic E-state index is -4.41. The number of imidazole rings is 1. The fourth-order valence-corrected chi connectivity index (χ4v) is 4.95. The number of hydrogen-bond donors (Lipinski definition) is 2. The van der Waals surface area contributed by atoms with Gasteiger partial charge in [0.15, 0.2) is 0 Å². The van der Waals surface area contributed by atoms with Crippen molar-refractivity contribution in [2.24, 2.45) is 5.92 Å². The maximum absolute atomic E-state index is 13.0. The zero-order valence-corrected chi connectivity index (χ0v) is 21.8. The van der Waals surface area contributed by atoms with Crippen molar-refractivity contribution in [1.29, 1.82) is 0 Å². The Bertz CT molecular complexity index is 1420. The number of H-pyrrole nitrogens is 1. The third-order valence-electron chi connectivity index (χ3n) is 7.11. The molecule has 1 atom stereocenters. The molecular weight excluding hydrogens is 505 g/mol. The van der Waals surface area contributed by atoms with Crippen LogP contribution in [-0.4, -0.2) is 45.5 Å². The second-order valence-corrected chi connectivity index (χ2v) is 9.99. The summed E-state index contributed by atoms with van der Waals surface area (Å²) in [6, 6.07) is 11.1. The van der Waals surface area contributed by atoms with Gasteiger partial charge in [-0.25, -0.2) is 9.97 Å². The summed E-state index contributed by atoms with van der Waals surface area (Å²) < 4.78 is 39.1. The highest BCUT2D eigenvalue weighted by Crippen LogP contribution is 2.32. The lowest BCUT2D eigenvalue weighted by molar-refractivity contribution is -0.137. The van der Waals surface area contributed by atoms with E-state index >= 15 is 0 Å². The maximum atomic E-state index is 13.0. The standard InChI is InChI=1S/C29H31F3N6O/c1-2-12-33-27(39)15-19-4-3-13-38(14-11-19)26-10-6-20(17-35-26)23-8-5-21(18-34-23)28-36-24-9-7-22(29(30,31)32)16-25(24)37-28/h5-10,16-19H,2-4,11-15H2,1H3,(H,33,39)(H,36,37). The fraction of sp³-hybridized carbons (Fsp3) is 0.379. The maximum Gasteiger partial charge on any atom is 0.416 e. The molecule has 4 aromatic rings. The number of halogens is 3. The third-order valence-corrected chi connectivity index (χ3v) is 7.11. The molecule has 0 saturated carbocycles. The second kappa shape index (κ2) is 11.4. The molecule has 5 rings (SSSR count). The van der Waals surface area contributed by atoms with E-state index in [-0.39, 0.29) is 5.91 Å². The second-order valence-electron chi connectivity index (χ2n) is 9.99. The lowest BCUT2D eigenvalue weighted by Gasteiger charge is -2.22. The van der Waals surface area contributed by atoms with Crippen LogP contribution < -0.4 is 10.2 Å². The molecule has 1 aromatic carbocycles. The van der Waals surface area contributed by atoms with Gasteiger partial charge in [-0.3, -0.25) is 9.78 Å². The van der Waals surface area contributed by atoms with E-state index in [4.69, 9.17) is 0 Å². The van der Waals surface area contributed by atoms with E-state index in [0.29, 0.717) is 34.8 Å². The molecule has 3 aromatic heterocycles. The topological polar surface area (TPSA) is 86.8 Å². The lowest BCUT2D eigenvalue weighted by Crippen LogP contribution is -2.27. The first-order chi connectivity index (χ1) is 18.8. The Morgan fingerprint density at radius 3 is 2.59 bits per heavy atom. The molecule has 7 nitrogen and oxygen atoms in total. The number of nitrogens with one attached hydrogen (secondary N) is 2. The highest BCUT2D eigenvalue weighted by molar-refractivity contribution is 5.80. The van der Waals surface area contributed by atoms with Crippen molar-refractivity contribution in [2.45, 2.75) is 45.2 Å². The van der Waals surface area contributed by atoms with Crippen LogP contribution in [-0.2, 0) is 11.0 Å². The molecule has 1 fully saturated rings. The molecule has 204 valence electrons. The first-order valence-electron chi connectivity index (χ1n) is 13.3. The Morgan fingerprint density at radius 2 is 1.87 bits per heavy atom. The Hall–Kier alpha value is -3.95. The van der Waals surface area contributed by atoms with Gasteiger partial charge in [0.2, 0.25) is 5.91 Å². The summed E-state index contributed by atoms with van der Waals surface area (Å²) in [7, 11) is 0. The molecule has 0 spiro atoms. The molecule has 4 heterocycles. The normalized spacial score (nSPS) is 16.3. The SMILES string of the molecule is CCCNC(=O)CC1CCCN(c2ccc(-c3ccc(-c4nc5ccc(C(F)(F)F)cc5[nH]4)cn3)cn2)CC1. The van der Waals surface area contributed by atoms with Gasteiger partial charge in [0, 0.05) is 49.6 Å². The molecule has 0 aliphatic carbocycles. The summed E-state index contributed by atoms with van der Waals surface area (Å²) in [5.74, 6) is 1.91. The van der Waals surface area contributed by atoms with Crippen molar-refractivity contribution in [2.75, 3.05) is 24.5 Å². The lowest BCUT2D eigenvalue weighted by atomic mass is 9.96. The summed E-state index contributed by atoms with van der Waals surface area (Å²) in [6.45, 7) is 4.56. The zero-order chi connectivity index (χ0) is 27.4. The van der Waals surface area contributed by atoms with Crippen LogP contribution in [0.3, 0.4) is 0 Å². The number of carbonyl (C=O) groups excluding carboxylic acids is 1. The average molecular weight is 537 g/mol. The fourth-order valence-electron chi connectivity index (χ4n) is 4.95. The molecule has 1 amide bonds. The number of hydrogen-bond acceptors (Lipinski definition) is 5. The summed E-state index contributed by atoms with van der Waals surface area (Å²) in [5.41, 5.74) is 2.34. The minimum absolute atomic E-state index is 0.146. The predicted octanol–water partition coefficient (Wildman–Crippen LogP) is 6.23. The van der Waals surface area contributed by atoms with Gasteiger partial charge in [-0.2, -0.15) is 13.2 Å². The van der Waals surface area contributed by atoms with E-state index in [2.05, 4.69) is 37.1 Å². The van der Waals surface area contributed by atoms with E-state index in [9.17, 15) is 18.0 Å². The van der Waals surface area contributed by atoms with Crippen LogP contribution in [0.15, 0.2) is 54.9 Å². The van der Waals surface area contributed by atoms with Crippen LogP contribution in [0.2, 0.25) is 0 Å². The number of nitrogens with zero attached hydrogens (tertiary/aromatic N) is 4. The number of fused-ring (bicyclic) bond motifs is 1. The zero-order valence-electron chi connectivity index (χ0n) is 21.8. The van der Waals surface area contributed by atoms with Crippen LogP contribution in [0.25, 0.3) is 33.7 Å². The molecule has 0 bridgehead atoms. The highest BCUT2D eigenvalue weighted by atomic mass is 19.4. The van der Waals surface area contributed by atoms with E-state index in [1.807, 2.05) is 24.3 Å². The smallest absolute Gasteiger partial charge is 0.357 e. The Kier molecular flexibility index (Phi) is 7.81. The highest BCUT2D eigenvalue weighted by Gasteiger charge is 2.30. The van der Waals surface area contributed by atoms with Crippen LogP contribution >= 0.6 is 0 Å². The van der Waals surface area contributed by atoms with Gasteiger partial charge in [-0.15, -0.1) is 0 Å². The van der Waals surface area contributed by atoms with Crippen LogP contribution in [0.4, 0.5) is 19.0 Å². The van der Waals surface area contributed by atoms with Gasteiger partial charge in [0.05, 0.1) is 22.3 Å². The van der Waals surface area contributed by atoms with Crippen molar-refractivity contribution in [1.82, 2.24) is 25.3 Å². The number of aromatic amines is 1. The van der Waals surface area contributed by atoms with Crippen LogP contribution in [0.5, 0.6) is 0 Å². The van der Waals surface area contributed by atoms with E-state index in [0.717, 1.165) is 74.5 Å². The monoisotopic (exact) mass is 536 g/mol. The van der Waals surface area contributed by atoms with E-state index < -0.39 is 11.7 Å². The number of rotatable bonds is 7. The Morgan fingerprint density at radius 1 is 1.05 bits per heavy atom. The van der Waals surface area contributed by atoms with Crippen molar-refractivity contribution < 1.29 is 18.0 Å². The number of pyridine rings is 2. The molecule has 0 radical (unpaired) electrons. The molecule has 1 unspecified atom stereocenters. The third kappa shape index (κ3) is 6.38. The predicted molar refractivity (Wildman–Crippen MR) is 145 cm³/mol. The molecule has 2 N–H and O–H groups in total. The first-order valence-corrected chi connectivity index (χ1v) is 13.3. The minimum Gasteiger partial charge on any atom is -0.357 e. The van der Waals surface area contributed by atoms with Gasteiger partial charge >= 0.3 is 6.18 Å². The van der Waals surface area contributed by atoms with Crippen LogP contribution in [0, 0.1) is 5.92 Å². The molecule has 10 heteroatoms. The van der Waals surface area contributed by atoms with E-state index in [1.54, 1.807) is 12.4 Å². The number of anilines is 1. The largest absolute Gasteiger partial charge is 0.416 e. The van der Waals surface area contributed by atoms with Gasteiger partial charge in [-0.1, -0.05) is 6.92 Å². The number of benzene rings is 1. The van der Waals surface area contributed by atoms with Crippen molar-refractivity contribution in [3.05, 3.63) is 60.4 Å². The summed E-state index contributed by atoms with van der Waals surface area (Å²) in [6.07, 6.45) is 3.61. The first kappa shape index (κ1) is 26.6. The number of aromatic nitrogens is 4. The van der Waals surface area contributed by atoms with Gasteiger partial charge < -0.3 is 15.2 Å².